The van der Waals surface area contributed by atoms with Crippen LogP contribution in [0.2, 0.25) is 0 Å². The van der Waals surface area contributed by atoms with Crippen molar-refractivity contribution in [2.45, 2.75) is 47.0 Å². The van der Waals surface area contributed by atoms with E-state index in [1.165, 1.54) is 32.4 Å². The van der Waals surface area contributed by atoms with Crippen LogP contribution < -0.4 is 5.32 Å². The Morgan fingerprint density at radius 2 is 1.75 bits per heavy atom. The van der Waals surface area contributed by atoms with Gasteiger partial charge in [-0.25, -0.2) is 0 Å². The first-order valence-electron chi connectivity index (χ1n) is 5.55. The van der Waals surface area contributed by atoms with Crippen LogP contribution in [0.3, 0.4) is 0 Å². The van der Waals surface area contributed by atoms with Gasteiger partial charge < -0.3 is 5.32 Å². The normalized spacial score (nSPS) is 21.0. The molecule has 0 saturated carbocycles. The van der Waals surface area contributed by atoms with Gasteiger partial charge in [0.25, 0.3) is 0 Å². The van der Waals surface area contributed by atoms with E-state index in [-0.39, 0.29) is 0 Å². The highest BCUT2D eigenvalue weighted by molar-refractivity contribution is 4.72. The van der Waals surface area contributed by atoms with Crippen molar-refractivity contribution < 1.29 is 0 Å². The van der Waals surface area contributed by atoms with Crippen molar-refractivity contribution in [3.8, 4) is 0 Å². The summed E-state index contributed by atoms with van der Waals surface area (Å²) in [5.41, 5.74) is 0. The Labute approximate surface area is 77.9 Å². The van der Waals surface area contributed by atoms with Crippen LogP contribution in [-0.4, -0.2) is 13.1 Å². The van der Waals surface area contributed by atoms with E-state index >= 15 is 0 Å². The van der Waals surface area contributed by atoms with Crippen LogP contribution in [0.5, 0.6) is 0 Å². The fourth-order valence-corrected chi connectivity index (χ4v) is 1.75. The van der Waals surface area contributed by atoms with Gasteiger partial charge in [-0.1, -0.05) is 34.1 Å². The molecule has 0 spiro atoms. The summed E-state index contributed by atoms with van der Waals surface area (Å²) in [4.78, 5) is 0. The summed E-state index contributed by atoms with van der Waals surface area (Å²) >= 11 is 0. The second-order valence-corrected chi connectivity index (χ2v) is 3.47. The zero-order valence-corrected chi connectivity index (χ0v) is 9.19. The smallest absolute Gasteiger partial charge is 0.00462 e. The average molecular weight is 171 g/mol. The van der Waals surface area contributed by atoms with Crippen molar-refractivity contribution in [1.29, 1.82) is 0 Å². The van der Waals surface area contributed by atoms with E-state index in [9.17, 15) is 0 Å². The van der Waals surface area contributed by atoms with Gasteiger partial charge in [0.1, 0.15) is 0 Å². The molecule has 1 atom stereocenters. The number of piperidine rings is 1. The molecule has 1 fully saturated rings. The topological polar surface area (TPSA) is 12.0 Å². The summed E-state index contributed by atoms with van der Waals surface area (Å²) in [7, 11) is 0. The molecule has 0 aliphatic carbocycles. The van der Waals surface area contributed by atoms with Gasteiger partial charge >= 0.3 is 0 Å². The maximum atomic E-state index is 3.39. The minimum absolute atomic E-state index is 0.946. The summed E-state index contributed by atoms with van der Waals surface area (Å²) in [6.07, 6.45) is 4.15. The third-order valence-electron chi connectivity index (χ3n) is 2.83. The first kappa shape index (κ1) is 12.0. The van der Waals surface area contributed by atoms with Crippen molar-refractivity contribution in [2.75, 3.05) is 13.1 Å². The Bertz CT molecular complexity index is 85.0. The van der Waals surface area contributed by atoms with E-state index in [4.69, 9.17) is 0 Å². The number of rotatable bonds is 2. The molecule has 1 aliphatic heterocycles. The van der Waals surface area contributed by atoms with Gasteiger partial charge in [0.05, 0.1) is 0 Å². The third-order valence-corrected chi connectivity index (χ3v) is 2.83. The first-order chi connectivity index (χ1) is 5.84. The zero-order valence-electron chi connectivity index (χ0n) is 9.19. The quantitative estimate of drug-likeness (QED) is 0.673. The molecule has 1 nitrogen and oxygen atoms in total. The summed E-state index contributed by atoms with van der Waals surface area (Å²) in [5, 5.41) is 3.39. The van der Waals surface area contributed by atoms with E-state index < -0.39 is 0 Å². The Morgan fingerprint density at radius 3 is 2.17 bits per heavy atom. The van der Waals surface area contributed by atoms with Crippen LogP contribution >= 0.6 is 0 Å². The monoisotopic (exact) mass is 171 g/mol. The maximum Gasteiger partial charge on any atom is -0.00462 e. The number of hydrogen-bond donors (Lipinski definition) is 1. The van der Waals surface area contributed by atoms with Crippen molar-refractivity contribution >= 4 is 0 Å². The number of nitrogens with one attached hydrogen (secondary N) is 1. The molecule has 0 aromatic carbocycles. The lowest BCUT2D eigenvalue weighted by atomic mass is 9.85. The van der Waals surface area contributed by atoms with Crippen molar-refractivity contribution in [1.82, 2.24) is 5.32 Å². The second-order valence-electron chi connectivity index (χ2n) is 3.47. The fourth-order valence-electron chi connectivity index (χ4n) is 1.75. The molecule has 12 heavy (non-hydrogen) atoms. The van der Waals surface area contributed by atoms with E-state index in [0.29, 0.717) is 0 Å². The standard InChI is InChI=1S/C9H19N.C2H6/c1-3-8(2)9-4-6-10-7-5-9;1-2/h8-10H,3-7H2,1-2H3;1-2H3/t8-;/m1./s1. The Balaban J connectivity index is 0.000000561. The zero-order chi connectivity index (χ0) is 9.40. The molecule has 74 valence electrons. The lowest BCUT2D eigenvalue weighted by molar-refractivity contribution is 0.270. The first-order valence-corrected chi connectivity index (χ1v) is 5.55. The molecule has 1 heteroatoms. The van der Waals surface area contributed by atoms with Crippen LogP contribution in [0, 0.1) is 11.8 Å². The Hall–Kier alpha value is -0.0400. The number of hydrogen-bond acceptors (Lipinski definition) is 1. The molecule has 1 N–H and O–H groups in total. The summed E-state index contributed by atoms with van der Waals surface area (Å²) in [5.74, 6) is 1.95. The summed E-state index contributed by atoms with van der Waals surface area (Å²) in [6, 6.07) is 0. The second kappa shape index (κ2) is 7.60. The van der Waals surface area contributed by atoms with Gasteiger partial charge in [-0.2, -0.15) is 0 Å². The van der Waals surface area contributed by atoms with Gasteiger partial charge in [-0.05, 0) is 37.8 Å². The lowest BCUT2D eigenvalue weighted by Crippen LogP contribution is -2.30. The third kappa shape index (κ3) is 4.10. The molecular weight excluding hydrogens is 146 g/mol. The van der Waals surface area contributed by atoms with Crippen molar-refractivity contribution in [3.05, 3.63) is 0 Å². The highest BCUT2D eigenvalue weighted by Gasteiger charge is 2.17. The predicted molar refractivity (Wildman–Crippen MR) is 56.4 cm³/mol. The minimum Gasteiger partial charge on any atom is -0.317 e. The molecule has 1 heterocycles. The summed E-state index contributed by atoms with van der Waals surface area (Å²) < 4.78 is 0. The van der Waals surface area contributed by atoms with Crippen LogP contribution in [0.15, 0.2) is 0 Å². The van der Waals surface area contributed by atoms with Gasteiger partial charge in [0.15, 0.2) is 0 Å². The fraction of sp³-hybridized carbons (Fsp3) is 1.00. The lowest BCUT2D eigenvalue weighted by Gasteiger charge is -2.27. The van der Waals surface area contributed by atoms with Gasteiger partial charge in [-0.15, -0.1) is 0 Å². The maximum absolute atomic E-state index is 3.39. The van der Waals surface area contributed by atoms with Gasteiger partial charge in [-0.3, -0.25) is 0 Å². The predicted octanol–water partition coefficient (Wildman–Crippen LogP) is 3.06. The highest BCUT2D eigenvalue weighted by Crippen LogP contribution is 2.23. The Morgan fingerprint density at radius 1 is 1.25 bits per heavy atom. The van der Waals surface area contributed by atoms with E-state index in [1.807, 2.05) is 13.8 Å². The van der Waals surface area contributed by atoms with E-state index in [1.54, 1.807) is 0 Å². The molecule has 1 saturated heterocycles. The minimum atomic E-state index is 0.946. The van der Waals surface area contributed by atoms with Crippen LogP contribution in [-0.2, 0) is 0 Å². The molecule has 0 aromatic rings. The van der Waals surface area contributed by atoms with E-state index in [0.717, 1.165) is 11.8 Å². The molecule has 0 unspecified atom stereocenters. The van der Waals surface area contributed by atoms with Gasteiger partial charge in [0.2, 0.25) is 0 Å². The van der Waals surface area contributed by atoms with Crippen LogP contribution in [0.25, 0.3) is 0 Å². The average Bonchev–Trinajstić information content (AvgIpc) is 2.21. The molecule has 1 aliphatic rings. The molecule has 1 rings (SSSR count). The van der Waals surface area contributed by atoms with Gasteiger partial charge in [0, 0.05) is 0 Å². The molecule has 0 radical (unpaired) electrons. The summed E-state index contributed by atoms with van der Waals surface area (Å²) in [6.45, 7) is 11.2. The highest BCUT2D eigenvalue weighted by atomic mass is 14.9. The van der Waals surface area contributed by atoms with Crippen molar-refractivity contribution in [3.63, 3.8) is 0 Å². The Kier molecular flexibility index (Phi) is 7.58. The molecule has 0 amide bonds. The molecule has 0 aromatic heterocycles. The molecule has 0 bridgehead atoms. The van der Waals surface area contributed by atoms with Crippen LogP contribution in [0.1, 0.15) is 47.0 Å². The molecular formula is C11H25N. The SMILES string of the molecule is CC.CC[C@@H](C)C1CCNCC1. The van der Waals surface area contributed by atoms with E-state index in [2.05, 4.69) is 19.2 Å². The van der Waals surface area contributed by atoms with Crippen LogP contribution in [0.4, 0.5) is 0 Å². The van der Waals surface area contributed by atoms with Crippen molar-refractivity contribution in [2.24, 2.45) is 11.8 Å². The largest absolute Gasteiger partial charge is 0.317 e.